The minimum Gasteiger partial charge on any atom is -0.507 e. The lowest BCUT2D eigenvalue weighted by molar-refractivity contribution is -0.181. The van der Waals surface area contributed by atoms with Crippen LogP contribution < -0.4 is 5.73 Å². The number of benzene rings is 1. The van der Waals surface area contributed by atoms with Crippen LogP contribution in [0.2, 0.25) is 0 Å². The molecule has 10 nitrogen and oxygen atoms in total. The third kappa shape index (κ3) is 3.54. The van der Waals surface area contributed by atoms with E-state index in [1.807, 2.05) is 0 Å². The number of nitrogens with zero attached hydrogens (tertiary/aromatic N) is 1. The fourth-order valence-electron chi connectivity index (χ4n) is 6.21. The zero-order valence-electron chi connectivity index (χ0n) is 19.7. The van der Waals surface area contributed by atoms with E-state index in [9.17, 15) is 39.0 Å². The maximum Gasteiger partial charge on any atom is 0.235 e. The molecular weight excluding hydrogens is 456 g/mol. The fraction of sp³-hybridized carbons (Fsp3) is 0.520. The first-order valence-corrected chi connectivity index (χ1v) is 11.5. The van der Waals surface area contributed by atoms with Gasteiger partial charge in [-0.1, -0.05) is 6.07 Å². The first-order chi connectivity index (χ1) is 16.3. The Balaban J connectivity index is 1.84. The van der Waals surface area contributed by atoms with Crippen LogP contribution in [0.25, 0.3) is 0 Å². The van der Waals surface area contributed by atoms with E-state index in [-0.39, 0.29) is 36.4 Å². The topological polar surface area (TPSA) is 172 Å². The minimum atomic E-state index is -2.74. The summed E-state index contributed by atoms with van der Waals surface area (Å²) in [6.45, 7) is 1.45. The Morgan fingerprint density at radius 3 is 2.37 bits per heavy atom. The van der Waals surface area contributed by atoms with Crippen molar-refractivity contribution in [2.45, 2.75) is 44.2 Å². The molecule has 2 saturated carbocycles. The van der Waals surface area contributed by atoms with Crippen LogP contribution in [0.1, 0.15) is 41.3 Å². The molecule has 0 saturated heterocycles. The quantitative estimate of drug-likeness (QED) is 0.461. The number of primary amides is 1. The fourth-order valence-corrected chi connectivity index (χ4v) is 6.21. The summed E-state index contributed by atoms with van der Waals surface area (Å²) in [5, 5.41) is 22.0. The highest BCUT2D eigenvalue weighted by Crippen LogP contribution is 2.51. The van der Waals surface area contributed by atoms with E-state index in [1.54, 1.807) is 6.07 Å². The zero-order valence-corrected chi connectivity index (χ0v) is 19.7. The Labute approximate surface area is 201 Å². The first kappa shape index (κ1) is 24.9. The van der Waals surface area contributed by atoms with E-state index in [1.165, 1.54) is 32.0 Å². The number of phenols is 1. The zero-order chi connectivity index (χ0) is 26.0. The SMILES string of the molecule is CC(=O)CCc1ccc(O)c2c1CC1C[C@H]3[C@H](N(C)C)C(=O)C(C(N)=O)C(=O)[C@@]3(O)C(=O)C1C2=O. The Hall–Kier alpha value is -3.24. The molecule has 1 aromatic carbocycles. The number of rotatable bonds is 5. The number of aromatic hydroxyl groups is 1. The monoisotopic (exact) mass is 484 g/mol. The van der Waals surface area contributed by atoms with Gasteiger partial charge in [-0.15, -0.1) is 0 Å². The Kier molecular flexibility index (Phi) is 6.01. The molecule has 10 heteroatoms. The highest BCUT2D eigenvalue weighted by atomic mass is 16.3. The molecule has 0 heterocycles. The van der Waals surface area contributed by atoms with Gasteiger partial charge in [0.15, 0.2) is 34.7 Å². The molecule has 35 heavy (non-hydrogen) atoms. The molecule has 3 unspecified atom stereocenters. The Bertz CT molecular complexity index is 1190. The predicted molar refractivity (Wildman–Crippen MR) is 120 cm³/mol. The van der Waals surface area contributed by atoms with Crippen molar-refractivity contribution in [2.75, 3.05) is 14.1 Å². The summed E-state index contributed by atoms with van der Waals surface area (Å²) in [7, 11) is 3.07. The summed E-state index contributed by atoms with van der Waals surface area (Å²) in [6.07, 6.45) is 0.766. The van der Waals surface area contributed by atoms with Gasteiger partial charge in [-0.25, -0.2) is 0 Å². The van der Waals surface area contributed by atoms with Gasteiger partial charge in [0.1, 0.15) is 11.5 Å². The molecule has 4 rings (SSSR count). The first-order valence-electron chi connectivity index (χ1n) is 11.5. The lowest BCUT2D eigenvalue weighted by Crippen LogP contribution is -2.74. The van der Waals surface area contributed by atoms with Crippen LogP contribution in [0.5, 0.6) is 5.75 Å². The van der Waals surface area contributed by atoms with Crippen molar-refractivity contribution in [3.8, 4) is 5.75 Å². The van der Waals surface area contributed by atoms with Crippen molar-refractivity contribution < 1.29 is 39.0 Å². The van der Waals surface area contributed by atoms with Crippen LogP contribution in [-0.4, -0.2) is 75.7 Å². The number of likely N-dealkylation sites (N-methyl/N-ethyl adjacent to an activating group) is 1. The maximum absolute atomic E-state index is 13.7. The smallest absolute Gasteiger partial charge is 0.235 e. The van der Waals surface area contributed by atoms with E-state index in [4.69, 9.17) is 5.73 Å². The van der Waals surface area contributed by atoms with Crippen LogP contribution in [0, 0.1) is 23.7 Å². The van der Waals surface area contributed by atoms with Gasteiger partial charge in [0.2, 0.25) is 5.91 Å². The number of aliphatic hydroxyl groups is 1. The average molecular weight is 485 g/mol. The molecule has 1 amide bonds. The normalized spacial score (nSPS) is 32.2. The van der Waals surface area contributed by atoms with Gasteiger partial charge in [0, 0.05) is 12.3 Å². The van der Waals surface area contributed by atoms with Crippen LogP contribution in [0.15, 0.2) is 12.1 Å². The highest BCUT2D eigenvalue weighted by molar-refractivity contribution is 6.32. The second kappa shape index (κ2) is 8.46. The molecule has 0 aliphatic heterocycles. The number of nitrogens with two attached hydrogens (primary N) is 1. The van der Waals surface area contributed by atoms with Crippen molar-refractivity contribution >= 4 is 34.8 Å². The number of fused-ring (bicyclic) bond motifs is 3. The Morgan fingerprint density at radius 2 is 1.80 bits per heavy atom. The second-order valence-corrected chi connectivity index (χ2v) is 10.1. The minimum absolute atomic E-state index is 0.00823. The van der Waals surface area contributed by atoms with Crippen molar-refractivity contribution in [2.24, 2.45) is 29.4 Å². The molecule has 3 aliphatic carbocycles. The van der Waals surface area contributed by atoms with Crippen LogP contribution in [0.4, 0.5) is 0 Å². The van der Waals surface area contributed by atoms with Crippen LogP contribution >= 0.6 is 0 Å². The van der Waals surface area contributed by atoms with Gasteiger partial charge in [-0.05, 0) is 63.4 Å². The molecule has 0 radical (unpaired) electrons. The summed E-state index contributed by atoms with van der Waals surface area (Å²) in [4.78, 5) is 78.5. The maximum atomic E-state index is 13.7. The number of carbonyl (C=O) groups is 6. The number of hydrogen-bond donors (Lipinski definition) is 3. The number of aryl methyl sites for hydroxylation is 1. The predicted octanol–water partition coefficient (Wildman–Crippen LogP) is -0.611. The van der Waals surface area contributed by atoms with Gasteiger partial charge < -0.3 is 20.7 Å². The van der Waals surface area contributed by atoms with E-state index >= 15 is 0 Å². The number of carbonyl (C=O) groups excluding carboxylic acids is 6. The van der Waals surface area contributed by atoms with Crippen molar-refractivity contribution in [1.29, 1.82) is 0 Å². The third-order valence-electron chi connectivity index (χ3n) is 7.79. The molecule has 0 bridgehead atoms. The number of ketones is 5. The summed E-state index contributed by atoms with van der Waals surface area (Å²) in [6, 6.07) is 1.82. The van der Waals surface area contributed by atoms with Crippen molar-refractivity contribution in [3.63, 3.8) is 0 Å². The summed E-state index contributed by atoms with van der Waals surface area (Å²) < 4.78 is 0. The molecular formula is C25H28N2O8. The molecule has 3 aliphatic rings. The third-order valence-corrected chi connectivity index (χ3v) is 7.79. The summed E-state index contributed by atoms with van der Waals surface area (Å²) in [5.41, 5.74) is 3.73. The van der Waals surface area contributed by atoms with Gasteiger partial charge in [-0.3, -0.25) is 28.9 Å². The molecule has 186 valence electrons. The van der Waals surface area contributed by atoms with Crippen molar-refractivity contribution in [3.05, 3.63) is 28.8 Å². The standard InChI is InChI=1S/C25H28N2O8/c1-10(28)4-5-11-6-7-15(29)17-13(11)8-12-9-14-19(27(2)3)21(31)18(24(26)34)23(33)25(14,35)22(32)16(12)20(17)30/h6-7,12,14,16,18-19,29,35H,4-5,8-9H2,1-3H3,(H2,26,34)/t12?,14-,16?,18?,19-,25-/m0/s1. The number of amides is 1. The largest absolute Gasteiger partial charge is 0.507 e. The highest BCUT2D eigenvalue weighted by Gasteiger charge is 2.69. The molecule has 0 spiro atoms. The van der Waals surface area contributed by atoms with Crippen LogP contribution in [0.3, 0.4) is 0 Å². The van der Waals surface area contributed by atoms with E-state index in [0.717, 1.165) is 0 Å². The molecule has 6 atom stereocenters. The lowest BCUT2D eigenvalue weighted by atomic mass is 9.52. The van der Waals surface area contributed by atoms with E-state index in [2.05, 4.69) is 0 Å². The lowest BCUT2D eigenvalue weighted by Gasteiger charge is -2.52. The Morgan fingerprint density at radius 1 is 1.14 bits per heavy atom. The van der Waals surface area contributed by atoms with Gasteiger partial charge in [-0.2, -0.15) is 0 Å². The van der Waals surface area contributed by atoms with E-state index < -0.39 is 64.4 Å². The van der Waals surface area contributed by atoms with Gasteiger partial charge >= 0.3 is 0 Å². The number of Topliss-reactive ketones (excluding diaryl/α,β-unsaturated/α-hetero) is 5. The number of hydrogen-bond acceptors (Lipinski definition) is 9. The second-order valence-electron chi connectivity index (χ2n) is 10.1. The average Bonchev–Trinajstić information content (AvgIpc) is 2.75. The molecule has 1 aromatic rings. The van der Waals surface area contributed by atoms with E-state index in [0.29, 0.717) is 17.5 Å². The summed E-state index contributed by atoms with van der Waals surface area (Å²) in [5.74, 6) is -10.7. The van der Waals surface area contributed by atoms with Gasteiger partial charge in [0.05, 0.1) is 17.5 Å². The van der Waals surface area contributed by atoms with Gasteiger partial charge in [0.25, 0.3) is 0 Å². The van der Waals surface area contributed by atoms with Crippen LogP contribution in [-0.2, 0) is 36.8 Å². The molecule has 2 fully saturated rings. The molecule has 4 N–H and O–H groups in total. The van der Waals surface area contributed by atoms with Crippen molar-refractivity contribution in [1.82, 2.24) is 4.90 Å². The molecule has 0 aromatic heterocycles. The summed E-state index contributed by atoms with van der Waals surface area (Å²) >= 11 is 0. The number of phenolic OH excluding ortho intramolecular Hbond substituents is 1.